The van der Waals surface area contributed by atoms with Gasteiger partial charge in [0.15, 0.2) is 0 Å². The van der Waals surface area contributed by atoms with Gasteiger partial charge >= 0.3 is 11.9 Å². The van der Waals surface area contributed by atoms with Gasteiger partial charge in [-0.2, -0.15) is 0 Å². The van der Waals surface area contributed by atoms with Crippen LogP contribution in [-0.2, 0) is 14.4 Å². The van der Waals surface area contributed by atoms with Crippen molar-refractivity contribution in [2.45, 2.75) is 57.9 Å². The Morgan fingerprint density at radius 2 is 1.71 bits per heavy atom. The van der Waals surface area contributed by atoms with Gasteiger partial charge in [-0.25, -0.2) is 4.79 Å². The van der Waals surface area contributed by atoms with Gasteiger partial charge in [0.25, 0.3) is 0 Å². The lowest BCUT2D eigenvalue weighted by Crippen LogP contribution is -2.41. The second kappa shape index (κ2) is 11.1. The van der Waals surface area contributed by atoms with Gasteiger partial charge in [-0.15, -0.1) is 0 Å². The zero-order valence-electron chi connectivity index (χ0n) is 12.5. The molecule has 0 bridgehead atoms. The van der Waals surface area contributed by atoms with Crippen molar-refractivity contribution >= 4 is 17.8 Å². The van der Waals surface area contributed by atoms with Crippen LogP contribution in [0.4, 0.5) is 0 Å². The van der Waals surface area contributed by atoms with Crippen LogP contribution in [0.2, 0.25) is 0 Å². The third-order valence-corrected chi connectivity index (χ3v) is 3.33. The van der Waals surface area contributed by atoms with Crippen molar-refractivity contribution in [3.63, 3.8) is 0 Å². The Balaban J connectivity index is 4.23. The van der Waals surface area contributed by atoms with Crippen molar-refractivity contribution in [1.82, 2.24) is 5.32 Å². The van der Waals surface area contributed by atoms with Gasteiger partial charge in [0, 0.05) is 12.8 Å². The average molecular weight is 302 g/mol. The number of carboxylic acids is 2. The van der Waals surface area contributed by atoms with E-state index in [9.17, 15) is 14.4 Å². The molecule has 1 unspecified atom stereocenters. The number of carbonyl (C=O) groups is 3. The zero-order chi connectivity index (χ0) is 16.3. The lowest BCUT2D eigenvalue weighted by molar-refractivity contribution is -0.143. The number of carbonyl (C=O) groups excluding carboxylic acids is 1. The van der Waals surface area contributed by atoms with E-state index in [1.54, 1.807) is 0 Å². The molecule has 7 nitrogen and oxygen atoms in total. The molecule has 1 amide bonds. The van der Waals surface area contributed by atoms with E-state index in [0.717, 1.165) is 19.3 Å². The van der Waals surface area contributed by atoms with Gasteiger partial charge in [-0.3, -0.25) is 9.59 Å². The summed E-state index contributed by atoms with van der Waals surface area (Å²) in [5.74, 6) is -2.28. The number of rotatable bonds is 12. The topological polar surface area (TPSA) is 130 Å². The summed E-state index contributed by atoms with van der Waals surface area (Å²) in [6.45, 7) is 2.64. The fourth-order valence-corrected chi connectivity index (χ4v) is 2.20. The van der Waals surface area contributed by atoms with Crippen molar-refractivity contribution in [2.24, 2.45) is 11.7 Å². The van der Waals surface area contributed by atoms with E-state index < -0.39 is 18.0 Å². The highest BCUT2D eigenvalue weighted by atomic mass is 16.4. The predicted octanol–water partition coefficient (Wildman–Crippen LogP) is 0.966. The zero-order valence-corrected chi connectivity index (χ0v) is 12.5. The highest BCUT2D eigenvalue weighted by Gasteiger charge is 2.21. The molecule has 0 saturated heterocycles. The molecule has 0 aliphatic heterocycles. The Kier molecular flexibility index (Phi) is 10.2. The molecule has 0 aliphatic rings. The van der Waals surface area contributed by atoms with Crippen LogP contribution in [0.25, 0.3) is 0 Å². The summed E-state index contributed by atoms with van der Waals surface area (Å²) in [4.78, 5) is 33.2. The van der Waals surface area contributed by atoms with Crippen molar-refractivity contribution in [1.29, 1.82) is 0 Å². The summed E-state index contributed by atoms with van der Waals surface area (Å²) in [7, 11) is 0. The van der Waals surface area contributed by atoms with Crippen molar-refractivity contribution in [2.75, 3.05) is 6.54 Å². The third kappa shape index (κ3) is 9.84. The lowest BCUT2D eigenvalue weighted by Gasteiger charge is -2.17. The molecule has 0 saturated carbocycles. The van der Waals surface area contributed by atoms with Gasteiger partial charge in [0.1, 0.15) is 6.04 Å². The molecule has 0 heterocycles. The first-order valence-corrected chi connectivity index (χ1v) is 7.34. The maximum atomic E-state index is 11.8. The summed E-state index contributed by atoms with van der Waals surface area (Å²) >= 11 is 0. The summed E-state index contributed by atoms with van der Waals surface area (Å²) in [5, 5.41) is 19.9. The molecule has 0 aromatic rings. The fourth-order valence-electron chi connectivity index (χ4n) is 2.20. The molecule has 0 spiro atoms. The Labute approximate surface area is 124 Å². The Morgan fingerprint density at radius 3 is 2.19 bits per heavy atom. The van der Waals surface area contributed by atoms with Crippen molar-refractivity contribution in [3.8, 4) is 0 Å². The molecule has 0 radical (unpaired) electrons. The molecule has 122 valence electrons. The van der Waals surface area contributed by atoms with Crippen LogP contribution in [0.3, 0.4) is 0 Å². The monoisotopic (exact) mass is 302 g/mol. The van der Waals surface area contributed by atoms with Crippen LogP contribution in [0.5, 0.6) is 0 Å². The molecule has 0 rings (SSSR count). The first kappa shape index (κ1) is 19.4. The molecule has 0 aromatic heterocycles. The molecule has 0 aromatic carbocycles. The minimum atomic E-state index is -1.21. The van der Waals surface area contributed by atoms with Crippen molar-refractivity contribution in [3.05, 3.63) is 0 Å². The van der Waals surface area contributed by atoms with E-state index in [0.29, 0.717) is 18.9 Å². The number of aliphatic carboxylic acids is 2. The standard InChI is InChI=1S/C14H26N2O5/c1-2-3-10(8-9-15)4-6-12(17)16-11(14(20)21)5-7-13(18)19/h10-11H,2-9,15H2,1H3,(H,16,17)(H,18,19)(H,20,21)/t10?,11-/m0/s1. The third-order valence-electron chi connectivity index (χ3n) is 3.33. The van der Waals surface area contributed by atoms with Crippen LogP contribution < -0.4 is 11.1 Å². The van der Waals surface area contributed by atoms with Gasteiger partial charge < -0.3 is 21.3 Å². The maximum Gasteiger partial charge on any atom is 0.326 e. The van der Waals surface area contributed by atoms with Crippen LogP contribution in [0.15, 0.2) is 0 Å². The predicted molar refractivity (Wildman–Crippen MR) is 77.7 cm³/mol. The molecule has 21 heavy (non-hydrogen) atoms. The summed E-state index contributed by atoms with van der Waals surface area (Å²) in [6, 6.07) is -1.15. The quantitative estimate of drug-likeness (QED) is 0.425. The lowest BCUT2D eigenvalue weighted by atomic mass is 9.94. The van der Waals surface area contributed by atoms with Gasteiger partial charge in [0.05, 0.1) is 0 Å². The van der Waals surface area contributed by atoms with Gasteiger partial charge in [-0.1, -0.05) is 19.8 Å². The molecule has 5 N–H and O–H groups in total. The molecule has 0 fully saturated rings. The molecular formula is C14H26N2O5. The molecule has 0 aliphatic carbocycles. The van der Waals surface area contributed by atoms with E-state index in [1.165, 1.54) is 0 Å². The second-order valence-corrected chi connectivity index (χ2v) is 5.16. The molecular weight excluding hydrogens is 276 g/mol. The highest BCUT2D eigenvalue weighted by Crippen LogP contribution is 2.16. The Bertz CT molecular complexity index is 340. The van der Waals surface area contributed by atoms with Crippen LogP contribution in [0, 0.1) is 5.92 Å². The first-order chi connectivity index (χ1) is 9.90. The van der Waals surface area contributed by atoms with Crippen molar-refractivity contribution < 1.29 is 24.6 Å². The number of nitrogens with two attached hydrogens (primary N) is 1. The number of amides is 1. The summed E-state index contributed by atoms with van der Waals surface area (Å²) in [6.07, 6.45) is 3.36. The SMILES string of the molecule is CCCC(CCN)CCC(=O)N[C@@H](CCC(=O)O)C(=O)O. The van der Waals surface area contributed by atoms with E-state index >= 15 is 0 Å². The Morgan fingerprint density at radius 1 is 1.05 bits per heavy atom. The summed E-state index contributed by atoms with van der Waals surface area (Å²) < 4.78 is 0. The van der Waals surface area contributed by atoms with E-state index in [4.69, 9.17) is 15.9 Å². The number of hydrogen-bond donors (Lipinski definition) is 4. The van der Waals surface area contributed by atoms with Crippen LogP contribution in [0.1, 0.15) is 51.9 Å². The van der Waals surface area contributed by atoms with Gasteiger partial charge in [0.2, 0.25) is 5.91 Å². The minimum Gasteiger partial charge on any atom is -0.481 e. The average Bonchev–Trinajstić information content (AvgIpc) is 2.40. The smallest absolute Gasteiger partial charge is 0.326 e. The van der Waals surface area contributed by atoms with E-state index in [-0.39, 0.29) is 25.2 Å². The van der Waals surface area contributed by atoms with E-state index in [2.05, 4.69) is 12.2 Å². The highest BCUT2D eigenvalue weighted by molar-refractivity contribution is 5.83. The number of hydrogen-bond acceptors (Lipinski definition) is 4. The van der Waals surface area contributed by atoms with Crippen LogP contribution >= 0.6 is 0 Å². The Hall–Kier alpha value is -1.63. The molecule has 2 atom stereocenters. The molecule has 7 heteroatoms. The van der Waals surface area contributed by atoms with E-state index in [1.807, 2.05) is 0 Å². The number of carboxylic acid groups (broad SMARTS) is 2. The largest absolute Gasteiger partial charge is 0.481 e. The van der Waals surface area contributed by atoms with Gasteiger partial charge in [-0.05, 0) is 31.7 Å². The second-order valence-electron chi connectivity index (χ2n) is 5.16. The minimum absolute atomic E-state index is 0.113. The fraction of sp³-hybridized carbons (Fsp3) is 0.786. The van der Waals surface area contributed by atoms with Crippen LogP contribution in [-0.4, -0.2) is 40.6 Å². The normalized spacial score (nSPS) is 13.4. The maximum absolute atomic E-state index is 11.8. The summed E-state index contributed by atoms with van der Waals surface area (Å²) in [5.41, 5.74) is 5.52. The first-order valence-electron chi connectivity index (χ1n) is 7.34. The number of nitrogens with one attached hydrogen (secondary N) is 1.